The van der Waals surface area contributed by atoms with Crippen molar-refractivity contribution < 1.29 is 9.59 Å². The van der Waals surface area contributed by atoms with Crippen LogP contribution >= 0.6 is 0 Å². The number of rotatable bonds is 22. The fourth-order valence-electron chi connectivity index (χ4n) is 6.98. The van der Waals surface area contributed by atoms with E-state index in [1.807, 2.05) is 0 Å². The smallest absolute Gasteiger partial charge is 0.224 e. The lowest BCUT2D eigenvalue weighted by Gasteiger charge is -2.39. The van der Waals surface area contributed by atoms with Crippen LogP contribution in [0.3, 0.4) is 0 Å². The van der Waals surface area contributed by atoms with Crippen LogP contribution in [0.15, 0.2) is 34.4 Å². The lowest BCUT2D eigenvalue weighted by molar-refractivity contribution is -0.133. The van der Waals surface area contributed by atoms with Gasteiger partial charge >= 0.3 is 0 Å². The molecule has 6 nitrogen and oxygen atoms in total. The molecule has 0 spiro atoms. The molecule has 44 heavy (non-hydrogen) atoms. The topological polar surface area (TPSA) is 65.3 Å². The summed E-state index contributed by atoms with van der Waals surface area (Å²) in [7, 11) is 0. The van der Waals surface area contributed by atoms with Gasteiger partial charge in [-0.2, -0.15) is 0 Å². The molecular weight excluding hydrogens is 544 g/mol. The molecule has 0 aliphatic carbocycles. The Morgan fingerprint density at radius 2 is 1.36 bits per heavy atom. The van der Waals surface area contributed by atoms with E-state index in [1.54, 1.807) is 12.3 Å². The van der Waals surface area contributed by atoms with Crippen molar-refractivity contribution in [3.8, 4) is 0 Å². The number of allylic oxidation sites excluding steroid dienone is 2. The second-order valence-electron chi connectivity index (χ2n) is 14.0. The van der Waals surface area contributed by atoms with Gasteiger partial charge in [-0.3, -0.25) is 14.5 Å². The predicted molar refractivity (Wildman–Crippen MR) is 191 cm³/mol. The van der Waals surface area contributed by atoms with Crippen LogP contribution in [0.2, 0.25) is 0 Å². The molecule has 1 fully saturated rings. The third-order valence-corrected chi connectivity index (χ3v) is 10.00. The molecule has 0 aromatic rings. The average Bonchev–Trinajstić information content (AvgIpc) is 3.02. The molecule has 4 atom stereocenters. The van der Waals surface area contributed by atoms with Crippen molar-refractivity contribution in [2.45, 2.75) is 151 Å². The van der Waals surface area contributed by atoms with E-state index in [0.29, 0.717) is 23.4 Å². The molecule has 0 aromatic carbocycles. The van der Waals surface area contributed by atoms with E-state index in [9.17, 15) is 9.59 Å². The summed E-state index contributed by atoms with van der Waals surface area (Å²) in [5.41, 5.74) is -0.0585. The highest BCUT2D eigenvalue weighted by Crippen LogP contribution is 2.36. The number of hydrogen-bond donors (Lipinski definition) is 0. The van der Waals surface area contributed by atoms with Gasteiger partial charge in [0.05, 0.1) is 0 Å². The monoisotopic (exact) mass is 613 g/mol. The van der Waals surface area contributed by atoms with Crippen molar-refractivity contribution >= 4 is 24.2 Å². The molecule has 1 saturated heterocycles. The zero-order valence-electron chi connectivity index (χ0n) is 30.1. The summed E-state index contributed by atoms with van der Waals surface area (Å²) < 4.78 is 0. The van der Waals surface area contributed by atoms with E-state index in [2.05, 4.69) is 88.5 Å². The molecule has 0 aromatic heterocycles. The molecule has 6 heteroatoms. The molecule has 0 amide bonds. The Kier molecular flexibility index (Phi) is 18.9. The maximum Gasteiger partial charge on any atom is 0.224 e. The standard InChI is InChI=1S/C38H68N4O2/c1-11-16-19-20-24-38(9,23-18-13-3)34(43)31(6)29-32(7)41-25-27-42(28-26-41)36(39-10)40-30-33(15-5)35(44)37(8,21-14-4)22-17-12-2/h15,30-32H,5,10-14,16-29H2,1-4,6-9H3/b33-30+,40-36+. The quantitative estimate of drug-likeness (QED) is 0.0402. The molecular formula is C38H68N4O2. The summed E-state index contributed by atoms with van der Waals surface area (Å²) in [6.45, 7) is 28.5. The van der Waals surface area contributed by atoms with Crippen molar-refractivity contribution in [1.29, 1.82) is 0 Å². The second-order valence-corrected chi connectivity index (χ2v) is 14.0. The molecule has 0 N–H and O–H groups in total. The first kappa shape index (κ1) is 39.9. The third-order valence-electron chi connectivity index (χ3n) is 10.00. The summed E-state index contributed by atoms with van der Waals surface area (Å²) in [5, 5.41) is 0. The highest BCUT2D eigenvalue weighted by Gasteiger charge is 2.36. The maximum absolute atomic E-state index is 13.8. The number of unbranched alkanes of at least 4 members (excludes halogenated alkanes) is 5. The van der Waals surface area contributed by atoms with Gasteiger partial charge in [0.25, 0.3) is 0 Å². The van der Waals surface area contributed by atoms with Gasteiger partial charge in [-0.25, -0.2) is 9.98 Å². The highest BCUT2D eigenvalue weighted by molar-refractivity contribution is 6.02. The normalized spacial score (nSPS) is 19.1. The third kappa shape index (κ3) is 12.4. The van der Waals surface area contributed by atoms with Crippen molar-refractivity contribution in [1.82, 2.24) is 9.80 Å². The first-order chi connectivity index (χ1) is 21.0. The number of carbonyl (C=O) groups excluding carboxylic acids is 2. The lowest BCUT2D eigenvalue weighted by Crippen LogP contribution is -2.51. The fourth-order valence-corrected chi connectivity index (χ4v) is 6.98. The Hall–Kier alpha value is -2.08. The minimum atomic E-state index is -0.398. The molecule has 0 saturated carbocycles. The Morgan fingerprint density at radius 3 is 1.89 bits per heavy atom. The molecule has 1 aliphatic rings. The van der Waals surface area contributed by atoms with Crippen LogP contribution in [0.4, 0.5) is 0 Å². The van der Waals surface area contributed by atoms with Gasteiger partial charge in [0.15, 0.2) is 5.78 Å². The number of carbonyl (C=O) groups is 2. The van der Waals surface area contributed by atoms with Crippen molar-refractivity contribution in [3.05, 3.63) is 24.4 Å². The molecule has 1 rings (SSSR count). The number of hydrogen-bond acceptors (Lipinski definition) is 4. The largest absolute Gasteiger partial charge is 0.338 e. The van der Waals surface area contributed by atoms with Crippen LogP contribution in [0.5, 0.6) is 0 Å². The minimum absolute atomic E-state index is 0.0544. The van der Waals surface area contributed by atoms with Crippen molar-refractivity contribution in [3.63, 3.8) is 0 Å². The first-order valence-electron chi connectivity index (χ1n) is 17.9. The van der Waals surface area contributed by atoms with E-state index < -0.39 is 5.41 Å². The summed E-state index contributed by atoms with van der Waals surface area (Å²) in [4.78, 5) is 40.8. The summed E-state index contributed by atoms with van der Waals surface area (Å²) in [5.74, 6) is 1.18. The number of ketones is 2. The Morgan fingerprint density at radius 1 is 0.795 bits per heavy atom. The van der Waals surface area contributed by atoms with Crippen LogP contribution < -0.4 is 0 Å². The number of Topliss-reactive ketones (excluding diaryl/α,β-unsaturated/α-hetero) is 2. The van der Waals surface area contributed by atoms with E-state index >= 15 is 0 Å². The SMILES string of the molecule is C=C/C(=C\N=C(/N=C)N1CCN(C(C)CC(C)C(=O)C(C)(CCCC)CCCCCC)CC1)C(=O)C(C)(CCC)CCCC. The van der Waals surface area contributed by atoms with E-state index in [4.69, 9.17) is 0 Å². The molecule has 0 bridgehead atoms. The first-order valence-corrected chi connectivity index (χ1v) is 17.9. The lowest BCUT2D eigenvalue weighted by atomic mass is 9.71. The van der Waals surface area contributed by atoms with Crippen LogP contribution in [0, 0.1) is 16.7 Å². The summed E-state index contributed by atoms with van der Waals surface area (Å²) >= 11 is 0. The minimum Gasteiger partial charge on any atom is -0.338 e. The molecule has 4 unspecified atom stereocenters. The van der Waals surface area contributed by atoms with Crippen LogP contribution in [0.1, 0.15) is 145 Å². The van der Waals surface area contributed by atoms with Gasteiger partial charge < -0.3 is 4.90 Å². The average molecular weight is 613 g/mol. The van der Waals surface area contributed by atoms with E-state index in [-0.39, 0.29) is 17.1 Å². The number of nitrogens with zero attached hydrogens (tertiary/aromatic N) is 4. The summed E-state index contributed by atoms with van der Waals surface area (Å²) in [6, 6.07) is 0.327. The zero-order valence-corrected chi connectivity index (χ0v) is 30.1. The van der Waals surface area contributed by atoms with Gasteiger partial charge in [0.2, 0.25) is 5.96 Å². The molecule has 252 valence electrons. The van der Waals surface area contributed by atoms with Crippen LogP contribution in [0.25, 0.3) is 0 Å². The maximum atomic E-state index is 13.8. The van der Waals surface area contributed by atoms with Crippen molar-refractivity contribution in [2.24, 2.45) is 26.7 Å². The van der Waals surface area contributed by atoms with Gasteiger partial charge in [-0.1, -0.05) is 119 Å². The zero-order chi connectivity index (χ0) is 33.2. The molecule has 0 radical (unpaired) electrons. The van der Waals surface area contributed by atoms with E-state index in [0.717, 1.165) is 96.8 Å². The van der Waals surface area contributed by atoms with Gasteiger partial charge in [0.1, 0.15) is 5.78 Å². The van der Waals surface area contributed by atoms with Crippen molar-refractivity contribution in [2.75, 3.05) is 26.2 Å². The Labute approximate surface area is 271 Å². The fraction of sp³-hybridized carbons (Fsp3) is 0.789. The van der Waals surface area contributed by atoms with Crippen LogP contribution in [-0.2, 0) is 9.59 Å². The molecule has 1 heterocycles. The van der Waals surface area contributed by atoms with Gasteiger partial charge in [-0.05, 0) is 45.7 Å². The van der Waals surface area contributed by atoms with Gasteiger partial charge in [0, 0.05) is 60.7 Å². The predicted octanol–water partition coefficient (Wildman–Crippen LogP) is 9.45. The van der Waals surface area contributed by atoms with E-state index in [1.165, 1.54) is 19.3 Å². The highest BCUT2D eigenvalue weighted by atomic mass is 16.1. The number of piperazine rings is 1. The summed E-state index contributed by atoms with van der Waals surface area (Å²) in [6.07, 6.45) is 18.1. The number of aliphatic imine (C=N–C) groups is 2. The van der Waals surface area contributed by atoms with Gasteiger partial charge in [-0.15, -0.1) is 0 Å². The molecule has 1 aliphatic heterocycles. The van der Waals surface area contributed by atoms with Crippen LogP contribution in [-0.4, -0.2) is 66.3 Å². The Bertz CT molecular complexity index is 948. The Balaban J connectivity index is 2.87. The second kappa shape index (κ2) is 20.9. The number of guanidine groups is 1.